The van der Waals surface area contributed by atoms with Crippen molar-refractivity contribution >= 4 is 5.97 Å². The molecule has 0 N–H and O–H groups in total. The van der Waals surface area contributed by atoms with Gasteiger partial charge in [0.25, 0.3) is 0 Å². The molecule has 0 spiro atoms. The SMILES string of the molecule is COCCN(CCC(=O)OC)Cc1ccc(F)c(F)c1. The molecule has 0 saturated carbocycles. The fourth-order valence-corrected chi connectivity index (χ4v) is 1.74. The van der Waals surface area contributed by atoms with Crippen molar-refractivity contribution in [3.05, 3.63) is 35.4 Å². The molecule has 0 heterocycles. The van der Waals surface area contributed by atoms with E-state index in [1.54, 1.807) is 7.11 Å². The first kappa shape index (κ1) is 16.5. The van der Waals surface area contributed by atoms with E-state index in [0.29, 0.717) is 31.8 Å². The molecule has 0 aromatic heterocycles. The Bertz CT molecular complexity index is 440. The standard InChI is InChI=1S/C14H19F2NO3/c1-19-8-7-17(6-5-14(18)20-2)10-11-3-4-12(15)13(16)9-11/h3-4,9H,5-8,10H2,1-2H3. The number of hydrogen-bond acceptors (Lipinski definition) is 4. The number of halogens is 2. The number of carbonyl (C=O) groups is 1. The molecule has 112 valence electrons. The van der Waals surface area contributed by atoms with Crippen molar-refractivity contribution in [2.45, 2.75) is 13.0 Å². The van der Waals surface area contributed by atoms with E-state index < -0.39 is 11.6 Å². The van der Waals surface area contributed by atoms with Crippen molar-refractivity contribution in [1.82, 2.24) is 4.90 Å². The van der Waals surface area contributed by atoms with Crippen molar-refractivity contribution in [3.8, 4) is 0 Å². The first-order valence-corrected chi connectivity index (χ1v) is 6.29. The number of ether oxygens (including phenoxy) is 2. The molecule has 0 aliphatic heterocycles. The summed E-state index contributed by atoms with van der Waals surface area (Å²) in [6.07, 6.45) is 0.240. The van der Waals surface area contributed by atoms with E-state index in [0.717, 1.165) is 12.1 Å². The van der Waals surface area contributed by atoms with Crippen LogP contribution in [0.3, 0.4) is 0 Å². The summed E-state index contributed by atoms with van der Waals surface area (Å²) in [4.78, 5) is 13.1. The van der Waals surface area contributed by atoms with Crippen molar-refractivity contribution in [2.75, 3.05) is 33.9 Å². The van der Waals surface area contributed by atoms with E-state index in [-0.39, 0.29) is 12.4 Å². The molecule has 20 heavy (non-hydrogen) atoms. The quantitative estimate of drug-likeness (QED) is 0.685. The zero-order chi connectivity index (χ0) is 15.0. The Labute approximate surface area is 117 Å². The molecule has 6 heteroatoms. The minimum absolute atomic E-state index is 0.240. The lowest BCUT2D eigenvalue weighted by molar-refractivity contribution is -0.141. The molecule has 0 aliphatic rings. The van der Waals surface area contributed by atoms with Crippen LogP contribution in [-0.4, -0.2) is 44.8 Å². The summed E-state index contributed by atoms with van der Waals surface area (Å²) in [7, 11) is 2.91. The highest BCUT2D eigenvalue weighted by atomic mass is 19.2. The van der Waals surface area contributed by atoms with Crippen LogP contribution in [0.2, 0.25) is 0 Å². The Morgan fingerprint density at radius 1 is 1.20 bits per heavy atom. The van der Waals surface area contributed by atoms with Crippen LogP contribution >= 0.6 is 0 Å². The van der Waals surface area contributed by atoms with Gasteiger partial charge in [-0.15, -0.1) is 0 Å². The van der Waals surface area contributed by atoms with Gasteiger partial charge in [0.2, 0.25) is 0 Å². The molecule has 4 nitrogen and oxygen atoms in total. The molecule has 1 aromatic carbocycles. The third kappa shape index (κ3) is 5.63. The van der Waals surface area contributed by atoms with E-state index in [4.69, 9.17) is 4.74 Å². The Morgan fingerprint density at radius 3 is 2.55 bits per heavy atom. The van der Waals surface area contributed by atoms with E-state index >= 15 is 0 Å². The third-order valence-electron chi connectivity index (χ3n) is 2.86. The summed E-state index contributed by atoms with van der Waals surface area (Å²) in [5.41, 5.74) is 0.643. The molecule has 1 rings (SSSR count). The molecule has 1 aromatic rings. The van der Waals surface area contributed by atoms with E-state index in [1.165, 1.54) is 13.2 Å². The highest BCUT2D eigenvalue weighted by Crippen LogP contribution is 2.11. The minimum Gasteiger partial charge on any atom is -0.469 e. The fraction of sp³-hybridized carbons (Fsp3) is 0.500. The number of nitrogens with zero attached hydrogens (tertiary/aromatic N) is 1. The van der Waals surface area contributed by atoms with Gasteiger partial charge in [0.1, 0.15) is 0 Å². The lowest BCUT2D eigenvalue weighted by atomic mass is 10.2. The molecule has 0 atom stereocenters. The number of rotatable bonds is 8. The van der Waals surface area contributed by atoms with Gasteiger partial charge in [0.05, 0.1) is 20.1 Å². The third-order valence-corrected chi connectivity index (χ3v) is 2.86. The van der Waals surface area contributed by atoms with Gasteiger partial charge in [0.15, 0.2) is 11.6 Å². The van der Waals surface area contributed by atoms with Gasteiger partial charge in [-0.2, -0.15) is 0 Å². The molecule has 0 amide bonds. The second kappa shape index (κ2) is 8.60. The first-order valence-electron chi connectivity index (χ1n) is 6.29. The maximum absolute atomic E-state index is 13.2. The molecule has 0 aliphatic carbocycles. The van der Waals surface area contributed by atoms with Gasteiger partial charge in [-0.25, -0.2) is 8.78 Å². The summed E-state index contributed by atoms with van der Waals surface area (Å²) in [6, 6.07) is 3.78. The van der Waals surface area contributed by atoms with Crippen LogP contribution in [0.1, 0.15) is 12.0 Å². The zero-order valence-corrected chi connectivity index (χ0v) is 11.7. The second-order valence-corrected chi connectivity index (χ2v) is 4.34. The molecular formula is C14H19F2NO3. The maximum atomic E-state index is 13.2. The monoisotopic (exact) mass is 287 g/mol. The number of carbonyl (C=O) groups excluding carboxylic acids is 1. The Hall–Kier alpha value is -1.53. The average Bonchev–Trinajstić information content (AvgIpc) is 2.45. The second-order valence-electron chi connectivity index (χ2n) is 4.34. The maximum Gasteiger partial charge on any atom is 0.306 e. The highest BCUT2D eigenvalue weighted by molar-refractivity contribution is 5.69. The predicted molar refractivity (Wildman–Crippen MR) is 70.1 cm³/mol. The van der Waals surface area contributed by atoms with Crippen LogP contribution in [-0.2, 0) is 20.8 Å². The molecular weight excluding hydrogens is 268 g/mol. The van der Waals surface area contributed by atoms with Gasteiger partial charge in [-0.3, -0.25) is 9.69 Å². The Balaban J connectivity index is 2.62. The average molecular weight is 287 g/mol. The Kier molecular flexibility index (Phi) is 7.11. The molecule has 0 fully saturated rings. The van der Waals surface area contributed by atoms with Gasteiger partial charge in [-0.1, -0.05) is 6.07 Å². The summed E-state index contributed by atoms with van der Waals surface area (Å²) < 4.78 is 35.6. The molecule has 0 radical (unpaired) electrons. The summed E-state index contributed by atoms with van der Waals surface area (Å²) in [6.45, 7) is 1.96. The largest absolute Gasteiger partial charge is 0.469 e. The van der Waals surface area contributed by atoms with Crippen LogP contribution < -0.4 is 0 Å². The van der Waals surface area contributed by atoms with Crippen molar-refractivity contribution in [2.24, 2.45) is 0 Å². The first-order chi connectivity index (χ1) is 9.56. The number of benzene rings is 1. The van der Waals surface area contributed by atoms with Crippen molar-refractivity contribution in [3.63, 3.8) is 0 Å². The van der Waals surface area contributed by atoms with E-state index in [2.05, 4.69) is 4.74 Å². The van der Waals surface area contributed by atoms with E-state index in [9.17, 15) is 13.6 Å². The summed E-state index contributed by atoms with van der Waals surface area (Å²) in [5.74, 6) is -2.05. The lowest BCUT2D eigenvalue weighted by Crippen LogP contribution is -2.29. The van der Waals surface area contributed by atoms with Gasteiger partial charge >= 0.3 is 5.97 Å². The van der Waals surface area contributed by atoms with Crippen LogP contribution in [0.15, 0.2) is 18.2 Å². The van der Waals surface area contributed by atoms with Crippen molar-refractivity contribution in [1.29, 1.82) is 0 Å². The number of esters is 1. The molecule has 0 saturated heterocycles. The van der Waals surface area contributed by atoms with Crippen molar-refractivity contribution < 1.29 is 23.0 Å². The highest BCUT2D eigenvalue weighted by Gasteiger charge is 2.11. The number of hydrogen-bond donors (Lipinski definition) is 0. The summed E-state index contributed by atoms with van der Waals surface area (Å²) >= 11 is 0. The normalized spacial score (nSPS) is 10.8. The zero-order valence-electron chi connectivity index (χ0n) is 11.7. The van der Waals surface area contributed by atoms with Gasteiger partial charge < -0.3 is 9.47 Å². The fourth-order valence-electron chi connectivity index (χ4n) is 1.74. The minimum atomic E-state index is -0.873. The Morgan fingerprint density at radius 2 is 1.95 bits per heavy atom. The van der Waals surface area contributed by atoms with Gasteiger partial charge in [0, 0.05) is 26.7 Å². The van der Waals surface area contributed by atoms with Crippen LogP contribution in [0.5, 0.6) is 0 Å². The van der Waals surface area contributed by atoms with Gasteiger partial charge in [-0.05, 0) is 17.7 Å². The van der Waals surface area contributed by atoms with E-state index in [1.807, 2.05) is 4.90 Å². The smallest absolute Gasteiger partial charge is 0.306 e. The number of methoxy groups -OCH3 is 2. The van der Waals surface area contributed by atoms with Crippen LogP contribution in [0.4, 0.5) is 8.78 Å². The topological polar surface area (TPSA) is 38.8 Å². The predicted octanol–water partition coefficient (Wildman–Crippen LogP) is 1.98. The summed E-state index contributed by atoms with van der Waals surface area (Å²) in [5, 5.41) is 0. The van der Waals surface area contributed by atoms with Crippen LogP contribution in [0, 0.1) is 11.6 Å². The lowest BCUT2D eigenvalue weighted by Gasteiger charge is -2.21. The molecule has 0 unspecified atom stereocenters. The van der Waals surface area contributed by atoms with Crippen LogP contribution in [0.25, 0.3) is 0 Å². The molecule has 0 bridgehead atoms.